The number of carbonyl (C=O) groups excluding carboxylic acids is 1. The second-order valence-electron chi connectivity index (χ2n) is 6.92. The summed E-state index contributed by atoms with van der Waals surface area (Å²) >= 11 is 0. The van der Waals surface area contributed by atoms with Gasteiger partial charge in [-0.25, -0.2) is 8.42 Å². The maximum absolute atomic E-state index is 13.3. The van der Waals surface area contributed by atoms with Crippen LogP contribution in [0.3, 0.4) is 0 Å². The van der Waals surface area contributed by atoms with E-state index in [1.54, 1.807) is 4.90 Å². The molecule has 26 heavy (non-hydrogen) atoms. The van der Waals surface area contributed by atoms with Crippen LogP contribution < -0.4 is 5.73 Å². The molecule has 8 nitrogen and oxygen atoms in total. The van der Waals surface area contributed by atoms with E-state index in [0.29, 0.717) is 24.3 Å². The molecule has 0 bridgehead atoms. The number of likely N-dealkylation sites (N-methyl/N-ethyl adjacent to an activating group) is 1. The standard InChI is InChI=1S/C17H21N5O3S/c1-21-7-8-22(13-10-26(24,25)9-12(13)21)17(23)15-14(16(18)20-19-15)11-5-3-2-4-6-11/h2-6,12-13H,7-10H2,1H3,(H3,18,19,20)/t12-,13+/m1/s1. The van der Waals surface area contributed by atoms with Crippen LogP contribution in [0.2, 0.25) is 0 Å². The van der Waals surface area contributed by atoms with Gasteiger partial charge in [0.05, 0.1) is 23.1 Å². The summed E-state index contributed by atoms with van der Waals surface area (Å²) in [5, 5.41) is 6.77. The highest BCUT2D eigenvalue weighted by Gasteiger charge is 2.47. The van der Waals surface area contributed by atoms with E-state index < -0.39 is 9.84 Å². The van der Waals surface area contributed by atoms with E-state index in [1.807, 2.05) is 42.3 Å². The lowest BCUT2D eigenvalue weighted by atomic mass is 10.0. The van der Waals surface area contributed by atoms with Gasteiger partial charge in [0.15, 0.2) is 15.7 Å². The van der Waals surface area contributed by atoms with Gasteiger partial charge in [0.25, 0.3) is 5.91 Å². The number of nitrogens with two attached hydrogens (primary N) is 1. The maximum Gasteiger partial charge on any atom is 0.272 e. The number of benzene rings is 1. The van der Waals surface area contributed by atoms with Crippen molar-refractivity contribution in [3.8, 4) is 11.1 Å². The van der Waals surface area contributed by atoms with Gasteiger partial charge in [0.1, 0.15) is 5.69 Å². The molecule has 9 heteroatoms. The number of aromatic nitrogens is 2. The van der Waals surface area contributed by atoms with Crippen molar-refractivity contribution < 1.29 is 13.2 Å². The van der Waals surface area contributed by atoms with E-state index in [4.69, 9.17) is 5.73 Å². The van der Waals surface area contributed by atoms with Crippen LogP contribution in [-0.2, 0) is 9.84 Å². The lowest BCUT2D eigenvalue weighted by Crippen LogP contribution is -2.59. The fourth-order valence-electron chi connectivity index (χ4n) is 3.93. The van der Waals surface area contributed by atoms with Crippen molar-refractivity contribution in [2.75, 3.05) is 37.4 Å². The Morgan fingerprint density at radius 1 is 1.19 bits per heavy atom. The van der Waals surface area contributed by atoms with E-state index in [9.17, 15) is 13.2 Å². The summed E-state index contributed by atoms with van der Waals surface area (Å²) in [5.41, 5.74) is 7.66. The normalized spacial score (nSPS) is 25.2. The van der Waals surface area contributed by atoms with Crippen LogP contribution in [0.4, 0.5) is 5.82 Å². The van der Waals surface area contributed by atoms with E-state index in [0.717, 1.165) is 5.56 Å². The van der Waals surface area contributed by atoms with Crippen molar-refractivity contribution in [3.63, 3.8) is 0 Å². The average molecular weight is 375 g/mol. The average Bonchev–Trinajstić information content (AvgIpc) is 3.15. The molecule has 138 valence electrons. The minimum atomic E-state index is -3.15. The lowest BCUT2D eigenvalue weighted by molar-refractivity contribution is 0.0405. The minimum Gasteiger partial charge on any atom is -0.382 e. The van der Waals surface area contributed by atoms with Crippen LogP contribution in [0.25, 0.3) is 11.1 Å². The summed E-state index contributed by atoms with van der Waals surface area (Å²) < 4.78 is 24.3. The van der Waals surface area contributed by atoms with Crippen LogP contribution >= 0.6 is 0 Å². The maximum atomic E-state index is 13.3. The van der Waals surface area contributed by atoms with Gasteiger partial charge in [-0.15, -0.1) is 0 Å². The molecule has 1 aromatic heterocycles. The van der Waals surface area contributed by atoms with E-state index in [2.05, 4.69) is 10.2 Å². The first-order valence-corrected chi connectivity index (χ1v) is 10.3. The quantitative estimate of drug-likeness (QED) is 0.776. The second kappa shape index (κ2) is 6.10. The van der Waals surface area contributed by atoms with Gasteiger partial charge in [-0.3, -0.25) is 14.8 Å². The van der Waals surface area contributed by atoms with Gasteiger partial charge >= 0.3 is 0 Å². The topological polar surface area (TPSA) is 112 Å². The molecule has 3 N–H and O–H groups in total. The lowest BCUT2D eigenvalue weighted by Gasteiger charge is -2.42. The monoisotopic (exact) mass is 375 g/mol. The molecular weight excluding hydrogens is 354 g/mol. The summed E-state index contributed by atoms with van der Waals surface area (Å²) in [7, 11) is -1.25. The minimum absolute atomic E-state index is 0.00195. The smallest absolute Gasteiger partial charge is 0.272 e. The molecule has 0 aliphatic carbocycles. The number of nitrogens with zero attached hydrogens (tertiary/aromatic N) is 3. The number of aromatic amines is 1. The molecule has 0 saturated carbocycles. The number of piperazine rings is 1. The van der Waals surface area contributed by atoms with Gasteiger partial charge < -0.3 is 10.6 Å². The van der Waals surface area contributed by atoms with Crippen LogP contribution in [0, 0.1) is 0 Å². The molecule has 1 amide bonds. The molecule has 2 fully saturated rings. The van der Waals surface area contributed by atoms with Crippen LogP contribution in [-0.4, -0.2) is 78.0 Å². The SMILES string of the molecule is CN1CCN(C(=O)c2[nH]nc(N)c2-c2ccccc2)[C@H]2CS(=O)(=O)C[C@H]21. The summed E-state index contributed by atoms with van der Waals surface area (Å²) in [6, 6.07) is 8.83. The predicted octanol–water partition coefficient (Wildman–Crippen LogP) is 0.212. The largest absolute Gasteiger partial charge is 0.382 e. The molecule has 0 radical (unpaired) electrons. The van der Waals surface area contributed by atoms with Gasteiger partial charge in [0.2, 0.25) is 0 Å². The number of H-pyrrole nitrogens is 1. The zero-order chi connectivity index (χ0) is 18.5. The number of sulfone groups is 1. The first-order chi connectivity index (χ1) is 12.4. The van der Waals surface area contributed by atoms with Crippen molar-refractivity contribution in [2.24, 2.45) is 0 Å². The fourth-order valence-corrected chi connectivity index (χ4v) is 5.99. The van der Waals surface area contributed by atoms with Crippen LogP contribution in [0.1, 0.15) is 10.5 Å². The molecule has 2 aliphatic heterocycles. The van der Waals surface area contributed by atoms with Crippen molar-refractivity contribution in [1.82, 2.24) is 20.0 Å². The Morgan fingerprint density at radius 2 is 1.88 bits per heavy atom. The Balaban J connectivity index is 1.71. The van der Waals surface area contributed by atoms with Crippen molar-refractivity contribution in [2.45, 2.75) is 12.1 Å². The fraction of sp³-hybridized carbons (Fsp3) is 0.412. The number of nitrogens with one attached hydrogen (secondary N) is 1. The first-order valence-electron chi connectivity index (χ1n) is 8.48. The highest BCUT2D eigenvalue weighted by molar-refractivity contribution is 7.91. The number of rotatable bonds is 2. The molecular formula is C17H21N5O3S. The van der Waals surface area contributed by atoms with Crippen molar-refractivity contribution >= 4 is 21.6 Å². The van der Waals surface area contributed by atoms with Crippen molar-refractivity contribution in [1.29, 1.82) is 0 Å². The predicted molar refractivity (Wildman–Crippen MR) is 98.3 cm³/mol. The molecule has 3 heterocycles. The zero-order valence-corrected chi connectivity index (χ0v) is 15.2. The van der Waals surface area contributed by atoms with Gasteiger partial charge in [-0.05, 0) is 12.6 Å². The molecule has 2 atom stereocenters. The number of nitrogen functional groups attached to an aromatic ring is 1. The Kier molecular flexibility index (Phi) is 4.00. The Morgan fingerprint density at radius 3 is 2.62 bits per heavy atom. The summed E-state index contributed by atoms with van der Waals surface area (Å²) in [5.74, 6) is 0.0876. The third-order valence-corrected chi connectivity index (χ3v) is 6.98. The number of anilines is 1. The Bertz CT molecular complexity index is 941. The zero-order valence-electron chi connectivity index (χ0n) is 14.4. The molecule has 0 unspecified atom stereocenters. The number of carbonyl (C=O) groups is 1. The highest BCUT2D eigenvalue weighted by Crippen LogP contribution is 2.32. The third-order valence-electron chi connectivity index (χ3n) is 5.29. The summed E-state index contributed by atoms with van der Waals surface area (Å²) in [4.78, 5) is 16.9. The molecule has 1 aromatic carbocycles. The van der Waals surface area contributed by atoms with Gasteiger partial charge in [-0.2, -0.15) is 5.10 Å². The van der Waals surface area contributed by atoms with E-state index in [1.165, 1.54) is 0 Å². The molecule has 2 aromatic rings. The number of hydrogen-bond donors (Lipinski definition) is 2. The van der Waals surface area contributed by atoms with E-state index >= 15 is 0 Å². The Hall–Kier alpha value is -2.39. The first kappa shape index (κ1) is 17.0. The van der Waals surface area contributed by atoms with Gasteiger partial charge in [-0.1, -0.05) is 30.3 Å². The number of fused-ring (bicyclic) bond motifs is 1. The molecule has 2 aliphatic rings. The molecule has 2 saturated heterocycles. The Labute approximate surface area is 151 Å². The number of amides is 1. The molecule has 0 spiro atoms. The third kappa shape index (κ3) is 2.77. The van der Waals surface area contributed by atoms with E-state index in [-0.39, 0.29) is 35.3 Å². The summed E-state index contributed by atoms with van der Waals surface area (Å²) in [6.07, 6.45) is 0. The van der Waals surface area contributed by atoms with Crippen LogP contribution in [0.5, 0.6) is 0 Å². The van der Waals surface area contributed by atoms with Crippen molar-refractivity contribution in [3.05, 3.63) is 36.0 Å². The van der Waals surface area contributed by atoms with Gasteiger partial charge in [0, 0.05) is 19.1 Å². The summed E-state index contributed by atoms with van der Waals surface area (Å²) in [6.45, 7) is 1.10. The second-order valence-corrected chi connectivity index (χ2v) is 9.07. The molecule has 4 rings (SSSR count). The highest BCUT2D eigenvalue weighted by atomic mass is 32.2. The van der Waals surface area contributed by atoms with Crippen LogP contribution in [0.15, 0.2) is 30.3 Å². The number of hydrogen-bond acceptors (Lipinski definition) is 6.